The monoisotopic (exact) mass is 821 g/mol. The molecule has 2 amide bonds. The molecule has 192 valence electrons. The Morgan fingerprint density at radius 1 is 0.912 bits per heavy atom. The molecule has 1 unspecified atom stereocenters. The molecule has 12 nitrogen and oxygen atoms in total. The predicted octanol–water partition coefficient (Wildman–Crippen LogP) is -0.593. The molecule has 0 spiro atoms. The van der Waals surface area contributed by atoms with Crippen LogP contribution in [0.2, 0.25) is 0 Å². The lowest BCUT2D eigenvalue weighted by Crippen LogP contribution is -2.42. The van der Waals surface area contributed by atoms with Crippen molar-refractivity contribution in [2.45, 2.75) is 38.3 Å². The summed E-state index contributed by atoms with van der Waals surface area (Å²) < 4.78 is 5.83. The SMILES string of the molecule is CC(=O)O[C@@H](C)C(=O)Nc1c(I)c(C(=O)NC(CO)CO)c(I)c(C(O)NC(CO)CO)c1I. The van der Waals surface area contributed by atoms with Crippen molar-refractivity contribution in [2.75, 3.05) is 31.7 Å². The van der Waals surface area contributed by atoms with E-state index in [4.69, 9.17) is 4.74 Å². The second-order valence-corrected chi connectivity index (χ2v) is 10.2. The van der Waals surface area contributed by atoms with Crippen LogP contribution in [0.25, 0.3) is 0 Å². The highest BCUT2D eigenvalue weighted by Crippen LogP contribution is 2.38. The number of hydrogen-bond donors (Lipinski definition) is 8. The summed E-state index contributed by atoms with van der Waals surface area (Å²) in [6, 6.07) is -1.81. The zero-order valence-electron chi connectivity index (χ0n) is 18.1. The van der Waals surface area contributed by atoms with Gasteiger partial charge in [0.15, 0.2) is 6.10 Å². The number of rotatable bonds is 12. The average Bonchev–Trinajstić information content (AvgIpc) is 2.77. The summed E-state index contributed by atoms with van der Waals surface area (Å²) in [5, 5.41) is 55.9. The molecule has 0 heterocycles. The molecular weight excluding hydrogens is 795 g/mol. The van der Waals surface area contributed by atoms with Crippen molar-refractivity contribution in [3.8, 4) is 0 Å². The number of halogens is 3. The van der Waals surface area contributed by atoms with Crippen LogP contribution in [0.1, 0.15) is 36.0 Å². The maximum Gasteiger partial charge on any atom is 0.303 e. The summed E-state index contributed by atoms with van der Waals surface area (Å²) in [5.41, 5.74) is 0.378. The summed E-state index contributed by atoms with van der Waals surface area (Å²) in [6.07, 6.45) is -2.60. The van der Waals surface area contributed by atoms with Gasteiger partial charge in [-0.1, -0.05) is 0 Å². The number of hydrogen-bond acceptors (Lipinski definition) is 10. The Labute approximate surface area is 236 Å². The van der Waals surface area contributed by atoms with Crippen LogP contribution in [0.4, 0.5) is 5.69 Å². The lowest BCUT2D eigenvalue weighted by molar-refractivity contribution is -0.150. The van der Waals surface area contributed by atoms with Crippen molar-refractivity contribution < 1.29 is 44.7 Å². The van der Waals surface area contributed by atoms with Gasteiger partial charge in [-0.25, -0.2) is 0 Å². The molecule has 2 atom stereocenters. The third kappa shape index (κ3) is 8.32. The second-order valence-electron chi connectivity index (χ2n) is 7.01. The van der Waals surface area contributed by atoms with Crippen molar-refractivity contribution in [2.24, 2.45) is 0 Å². The third-order valence-corrected chi connectivity index (χ3v) is 7.74. The van der Waals surface area contributed by atoms with Crippen molar-refractivity contribution in [3.05, 3.63) is 21.8 Å². The van der Waals surface area contributed by atoms with Crippen molar-refractivity contribution in [3.63, 3.8) is 0 Å². The lowest BCUT2D eigenvalue weighted by atomic mass is 10.1. The van der Waals surface area contributed by atoms with Gasteiger partial charge in [-0.15, -0.1) is 0 Å². The molecule has 1 aromatic carbocycles. The molecule has 0 aliphatic carbocycles. The number of ether oxygens (including phenoxy) is 1. The minimum atomic E-state index is -1.46. The van der Waals surface area contributed by atoms with E-state index < -0.39 is 68.6 Å². The van der Waals surface area contributed by atoms with Crippen LogP contribution in [-0.2, 0) is 14.3 Å². The first kappa shape index (κ1) is 31.6. The average molecular weight is 821 g/mol. The van der Waals surface area contributed by atoms with Crippen LogP contribution in [0.3, 0.4) is 0 Å². The van der Waals surface area contributed by atoms with Crippen molar-refractivity contribution >= 4 is 91.2 Å². The number of aliphatic hydroxyl groups is 5. The van der Waals surface area contributed by atoms with Crippen LogP contribution >= 0.6 is 67.8 Å². The Balaban J connectivity index is 3.64. The number of aliphatic hydroxyl groups excluding tert-OH is 5. The number of anilines is 1. The summed E-state index contributed by atoms with van der Waals surface area (Å²) in [5.74, 6) is -2.02. The topological polar surface area (TPSA) is 198 Å². The zero-order chi connectivity index (χ0) is 26.2. The third-order valence-electron chi connectivity index (χ3n) is 4.42. The molecule has 8 N–H and O–H groups in total. The molecule has 34 heavy (non-hydrogen) atoms. The summed E-state index contributed by atoms with van der Waals surface area (Å²) in [7, 11) is 0. The first-order valence-electron chi connectivity index (χ1n) is 9.80. The maximum atomic E-state index is 13.0. The Kier molecular flexibility index (Phi) is 13.9. The Hall–Kier alpha value is -0.420. The number of amides is 2. The predicted molar refractivity (Wildman–Crippen MR) is 146 cm³/mol. The number of carbonyl (C=O) groups excluding carboxylic acids is 3. The van der Waals surface area contributed by atoms with Gasteiger partial charge in [-0.2, -0.15) is 0 Å². The lowest BCUT2D eigenvalue weighted by Gasteiger charge is -2.26. The largest absolute Gasteiger partial charge is 0.453 e. The smallest absolute Gasteiger partial charge is 0.303 e. The molecule has 1 rings (SSSR count). The minimum absolute atomic E-state index is 0.0457. The molecule has 0 radical (unpaired) electrons. The maximum absolute atomic E-state index is 13.0. The van der Waals surface area contributed by atoms with E-state index in [-0.39, 0.29) is 16.8 Å². The summed E-state index contributed by atoms with van der Waals surface area (Å²) in [6.45, 7) is 0.535. The van der Waals surface area contributed by atoms with Gasteiger partial charge in [0.05, 0.1) is 53.3 Å². The molecule has 1 aromatic rings. The van der Waals surface area contributed by atoms with Crippen LogP contribution in [0.5, 0.6) is 0 Å². The van der Waals surface area contributed by atoms with E-state index in [1.165, 1.54) is 6.92 Å². The fraction of sp³-hybridized carbons (Fsp3) is 0.526. The van der Waals surface area contributed by atoms with Gasteiger partial charge in [0, 0.05) is 19.6 Å². The molecule has 0 saturated heterocycles. The van der Waals surface area contributed by atoms with Crippen molar-refractivity contribution in [1.82, 2.24) is 10.6 Å². The van der Waals surface area contributed by atoms with Crippen LogP contribution < -0.4 is 16.0 Å². The highest BCUT2D eigenvalue weighted by Gasteiger charge is 2.31. The van der Waals surface area contributed by atoms with Gasteiger partial charge < -0.3 is 40.9 Å². The molecule has 0 aliphatic rings. The highest BCUT2D eigenvalue weighted by molar-refractivity contribution is 14.1. The Bertz CT molecular complexity index is 896. The van der Waals surface area contributed by atoms with Gasteiger partial charge >= 0.3 is 5.97 Å². The van der Waals surface area contributed by atoms with Gasteiger partial charge in [0.1, 0.15) is 6.23 Å². The van der Waals surface area contributed by atoms with Crippen LogP contribution in [0.15, 0.2) is 0 Å². The number of carbonyl (C=O) groups is 3. The highest BCUT2D eigenvalue weighted by atomic mass is 127. The number of esters is 1. The van der Waals surface area contributed by atoms with Gasteiger partial charge in [0.25, 0.3) is 11.8 Å². The fourth-order valence-electron chi connectivity index (χ4n) is 2.64. The Morgan fingerprint density at radius 2 is 1.44 bits per heavy atom. The summed E-state index contributed by atoms with van der Waals surface area (Å²) in [4.78, 5) is 36.9. The van der Waals surface area contributed by atoms with E-state index in [1.807, 2.05) is 67.8 Å². The Morgan fingerprint density at radius 3 is 1.91 bits per heavy atom. The van der Waals surface area contributed by atoms with Gasteiger partial charge in [-0.3, -0.25) is 19.7 Å². The molecule has 0 saturated carbocycles. The van der Waals surface area contributed by atoms with E-state index in [0.29, 0.717) is 10.7 Å². The van der Waals surface area contributed by atoms with Crippen LogP contribution in [-0.4, -0.2) is 87.9 Å². The van der Waals surface area contributed by atoms with E-state index in [0.717, 1.165) is 6.92 Å². The fourth-order valence-corrected chi connectivity index (χ4v) is 7.15. The first-order valence-corrected chi connectivity index (χ1v) is 13.0. The summed E-state index contributed by atoms with van der Waals surface area (Å²) >= 11 is 5.55. The van der Waals surface area contributed by atoms with Crippen LogP contribution in [0, 0.1) is 10.7 Å². The van der Waals surface area contributed by atoms with Gasteiger partial charge in [-0.05, 0) is 74.7 Å². The molecule has 0 aromatic heterocycles. The first-order chi connectivity index (χ1) is 15.9. The zero-order valence-corrected chi connectivity index (χ0v) is 24.6. The molecular formula is C19H26I3N3O9. The van der Waals surface area contributed by atoms with E-state index >= 15 is 0 Å². The van der Waals surface area contributed by atoms with E-state index in [2.05, 4.69) is 16.0 Å². The standard InChI is InChI=1S/C19H26I3N3O9/c1-7(34-8(2)30)17(31)25-16-14(21)11(18(32)23-9(3-26)4-27)13(20)12(15(16)22)19(33)24-10(5-28)6-29/h7,9-10,18,23,26-29,32H,3-6H2,1-2H3,(H,24,33)(H,25,31)/t7-,18?/m0/s1. The molecule has 15 heteroatoms. The molecule has 0 aliphatic heterocycles. The van der Waals surface area contributed by atoms with Gasteiger partial charge in [0.2, 0.25) is 0 Å². The molecule has 0 fully saturated rings. The minimum Gasteiger partial charge on any atom is -0.453 e. The number of benzene rings is 1. The number of nitrogens with one attached hydrogen (secondary N) is 3. The molecule has 0 bridgehead atoms. The van der Waals surface area contributed by atoms with Crippen molar-refractivity contribution in [1.29, 1.82) is 0 Å². The van der Waals surface area contributed by atoms with E-state index in [1.54, 1.807) is 0 Å². The van der Waals surface area contributed by atoms with E-state index in [9.17, 15) is 39.9 Å². The second kappa shape index (κ2) is 15.0. The normalized spacial score (nSPS) is 13.1. The quantitative estimate of drug-likeness (QED) is 0.0767.